The largest absolute Gasteiger partial charge is 0.867 e. The highest BCUT2D eigenvalue weighted by Crippen LogP contribution is 2.50. The van der Waals surface area contributed by atoms with Crippen LogP contribution in [0.2, 0.25) is 0 Å². The average Bonchev–Trinajstić information content (AvgIpc) is 0.941. The summed E-state index contributed by atoms with van der Waals surface area (Å²) in [5.74, 6) is -7.30. The van der Waals surface area contributed by atoms with E-state index in [1.807, 2.05) is 0 Å². The first kappa shape index (κ1) is 60.5. The molecule has 0 aliphatic carbocycles. The molecule has 0 aliphatic rings. The highest BCUT2D eigenvalue weighted by molar-refractivity contribution is 7.88. The minimum atomic E-state index is -5.25. The molecule has 1 heterocycles. The molecule has 0 atom stereocenters. The summed E-state index contributed by atoms with van der Waals surface area (Å²) >= 11 is 1.05. The first-order valence-corrected chi connectivity index (χ1v) is 33.0. The Morgan fingerprint density at radius 2 is 0.667 bits per heavy atom. The fourth-order valence-electron chi connectivity index (χ4n) is 10.5. The lowest BCUT2D eigenvalue weighted by Crippen LogP contribution is -2.17. The zero-order valence-electron chi connectivity index (χ0n) is 46.2. The van der Waals surface area contributed by atoms with Gasteiger partial charge in [-0.15, -0.1) is 11.3 Å². The molecule has 0 N–H and O–H groups in total. The number of fused-ring (bicyclic) bond motifs is 4. The number of benzene rings is 10. The van der Waals surface area contributed by atoms with Gasteiger partial charge in [0.2, 0.25) is 21.6 Å². The second kappa shape index (κ2) is 23.2. The Labute approximate surface area is 515 Å². The quantitative estimate of drug-likeness (QED) is 0.0603. The van der Waals surface area contributed by atoms with Gasteiger partial charge in [-0.25, -0.2) is 0 Å². The summed E-state index contributed by atoms with van der Waals surface area (Å²) in [5, 5.41) is 91.5. The number of hydrogen-bond donors (Lipinski definition) is 0. The van der Waals surface area contributed by atoms with Crippen LogP contribution in [0.1, 0.15) is 46.9 Å². The predicted molar refractivity (Wildman–Crippen MR) is 321 cm³/mol. The van der Waals surface area contributed by atoms with Crippen LogP contribution < -0.4 is 37.2 Å². The first-order valence-electron chi connectivity index (χ1n) is 26.5. The standard InChI is InChI=1S/C61H38N8O16S5/c1-3-32-28-42(50(84-89(78,79)55-17-7-12-40-36(55)21-25-46(68-64)60(40)72)30-48(32)82-87(74,75)53-15-5-10-38-34(53)19-23-44(66-62)58(38)70)57(52-14-9-27-86-52)43-29-33(4-2)49(83-88(76,77)54-16-6-11-39-35(54)20-24-45(67-63)59(39)71)31-51(43)85-90(80,81)56-18-8-13-41-37(56)22-26-47(69-65)61(41)73/h5-31,57H,3-4H2,1-2H3. The maximum atomic E-state index is 15.1. The van der Waals surface area contributed by atoms with Crippen LogP contribution in [0.15, 0.2) is 183 Å². The van der Waals surface area contributed by atoms with E-state index in [1.165, 1.54) is 84.9 Å². The normalized spacial score (nSPS) is 11.9. The fourth-order valence-corrected chi connectivity index (χ4v) is 16.0. The van der Waals surface area contributed by atoms with Gasteiger partial charge in [-0.2, -0.15) is 33.7 Å². The molecule has 0 aliphatic heterocycles. The van der Waals surface area contributed by atoms with Crippen LogP contribution in [-0.4, -0.2) is 33.7 Å². The molecule has 0 spiro atoms. The molecule has 10 aromatic carbocycles. The van der Waals surface area contributed by atoms with E-state index < -0.39 is 135 Å². The van der Waals surface area contributed by atoms with Crippen molar-refractivity contribution >= 4 is 118 Å². The van der Waals surface area contributed by atoms with Gasteiger partial charge in [-0.1, -0.05) is 68.4 Å². The first-order chi connectivity index (χ1) is 43.0. The molecule has 0 radical (unpaired) electrons. The summed E-state index contributed by atoms with van der Waals surface area (Å²) in [4.78, 5) is 9.91. The molecule has 90 heavy (non-hydrogen) atoms. The summed E-state index contributed by atoms with van der Waals surface area (Å²) < 4.78 is 143. The molecule has 11 aromatic rings. The second-order valence-corrected chi connectivity index (χ2v) is 26.8. The lowest BCUT2D eigenvalue weighted by molar-refractivity contribution is -0.265. The zero-order valence-corrected chi connectivity index (χ0v) is 50.3. The molecule has 0 bridgehead atoms. The molecule has 0 saturated carbocycles. The summed E-state index contributed by atoms with van der Waals surface area (Å²) in [7, 11) is -20.6. The Hall–Kier alpha value is -11.2. The highest BCUT2D eigenvalue weighted by Gasteiger charge is 2.36. The Bertz CT molecular complexity index is 5220. The molecule has 11 rings (SSSR count). The van der Waals surface area contributed by atoms with E-state index in [2.05, 4.69) is 19.9 Å². The lowest BCUT2D eigenvalue weighted by Gasteiger charge is -2.26. The van der Waals surface area contributed by atoms with Gasteiger partial charge in [0.15, 0.2) is 31.4 Å². The Kier molecular flexibility index (Phi) is 15.6. The van der Waals surface area contributed by atoms with E-state index in [-0.39, 0.29) is 83.1 Å². The smallest absolute Gasteiger partial charge is 0.378 e. The third-order valence-corrected chi connectivity index (χ3v) is 20.8. The molecule has 0 amide bonds. The van der Waals surface area contributed by atoms with E-state index in [9.17, 15) is 58.8 Å². The Morgan fingerprint density at radius 1 is 0.378 bits per heavy atom. The van der Waals surface area contributed by atoms with Crippen molar-refractivity contribution in [2.24, 2.45) is 0 Å². The molecular formula is C61H38N8O16S5. The fraction of sp³-hybridized carbons (Fsp3) is 0.0820. The van der Waals surface area contributed by atoms with E-state index in [0.717, 1.165) is 72.0 Å². The van der Waals surface area contributed by atoms with Crippen LogP contribution in [0, 0.1) is 21.6 Å². The summed E-state index contributed by atoms with van der Waals surface area (Å²) in [6.45, 7) is 3.18. The van der Waals surface area contributed by atoms with Crippen molar-refractivity contribution in [2.45, 2.75) is 52.2 Å². The highest BCUT2D eigenvalue weighted by atomic mass is 32.2. The Balaban J connectivity index is 1.17. The maximum Gasteiger partial charge on any atom is 0.378 e. The van der Waals surface area contributed by atoms with Crippen molar-refractivity contribution in [1.29, 1.82) is 21.6 Å². The number of diazo groups is 4. The molecule has 0 unspecified atom stereocenters. The van der Waals surface area contributed by atoms with Gasteiger partial charge in [0.1, 0.15) is 31.1 Å². The topological polar surface area (TPSA) is 378 Å². The number of rotatable bonds is 17. The monoisotopic (exact) mass is 1300 g/mol. The van der Waals surface area contributed by atoms with Gasteiger partial charge in [-0.05, 0) is 141 Å². The predicted octanol–water partition coefficient (Wildman–Crippen LogP) is 12.0. The van der Waals surface area contributed by atoms with Crippen LogP contribution in [0.4, 0.5) is 22.7 Å². The molecule has 24 nitrogen and oxygen atoms in total. The third-order valence-electron chi connectivity index (χ3n) is 14.7. The van der Waals surface area contributed by atoms with E-state index in [0.29, 0.717) is 0 Å². The lowest BCUT2D eigenvalue weighted by atomic mass is 9.86. The van der Waals surface area contributed by atoms with Gasteiger partial charge < -0.3 is 37.2 Å². The average molecular weight is 1300 g/mol. The van der Waals surface area contributed by atoms with Crippen LogP contribution in [0.5, 0.6) is 46.0 Å². The van der Waals surface area contributed by atoms with Gasteiger partial charge in [0.25, 0.3) is 0 Å². The molecule has 0 fully saturated rings. The number of hydrogen-bond acceptors (Lipinski definition) is 21. The van der Waals surface area contributed by atoms with E-state index >= 15 is 16.8 Å². The van der Waals surface area contributed by atoms with Gasteiger partial charge >= 0.3 is 63.2 Å². The van der Waals surface area contributed by atoms with E-state index in [4.69, 9.17) is 16.7 Å². The molecule has 0 saturated heterocycles. The number of aryl methyl sites for hydroxylation is 2. The van der Waals surface area contributed by atoms with Crippen LogP contribution in [0.3, 0.4) is 0 Å². The third kappa shape index (κ3) is 10.6. The van der Waals surface area contributed by atoms with Crippen LogP contribution in [0.25, 0.3) is 63.0 Å². The molecule has 1 aromatic heterocycles. The SMILES string of the molecule is CCc1cc(C(c2cccs2)c2cc(CC)c(OS(=O)(=O)c3cccc4c([O-])c([N+]#N)ccc34)cc2OS(=O)(=O)c2cccc3c([O-])c([N+]#N)ccc23)c(OS(=O)(=O)c2cccc3c([O-])c([N+]#N)ccc23)cc1OS(=O)(=O)c1cccc2c([O-])c([N+]#N)ccc12. The minimum absolute atomic E-state index is 0.0403. The molecular weight excluding hydrogens is 1260 g/mol. The van der Waals surface area contributed by atoms with Crippen LogP contribution in [-0.2, 0) is 53.3 Å². The molecule has 448 valence electrons. The van der Waals surface area contributed by atoms with E-state index in [1.54, 1.807) is 31.4 Å². The maximum absolute atomic E-state index is 15.1. The number of thiophene rings is 1. The zero-order chi connectivity index (χ0) is 64.2. The van der Waals surface area contributed by atoms with Gasteiger partial charge in [-0.3, -0.25) is 0 Å². The van der Waals surface area contributed by atoms with Gasteiger partial charge in [0.05, 0.1) is 5.92 Å². The Morgan fingerprint density at radius 3 is 0.922 bits per heavy atom. The summed E-state index contributed by atoms with van der Waals surface area (Å²) in [6.07, 6.45) is -0.182. The van der Waals surface area contributed by atoms with Crippen molar-refractivity contribution in [3.8, 4) is 46.0 Å². The van der Waals surface area contributed by atoms with Gasteiger partial charge in [0, 0.05) is 73.9 Å². The van der Waals surface area contributed by atoms with Crippen molar-refractivity contribution in [3.05, 3.63) is 210 Å². The second-order valence-electron chi connectivity index (χ2n) is 19.8. The summed E-state index contributed by atoms with van der Waals surface area (Å²) in [5.41, 5.74) is -1.90. The van der Waals surface area contributed by atoms with Crippen molar-refractivity contribution in [2.75, 3.05) is 0 Å². The minimum Gasteiger partial charge on any atom is -0.867 e. The van der Waals surface area contributed by atoms with Crippen molar-refractivity contribution < 1.29 is 70.8 Å². The van der Waals surface area contributed by atoms with Crippen LogP contribution >= 0.6 is 11.3 Å². The van der Waals surface area contributed by atoms with Crippen molar-refractivity contribution in [3.63, 3.8) is 0 Å². The number of nitrogens with zero attached hydrogens (tertiary/aromatic N) is 8. The molecule has 29 heteroatoms. The summed E-state index contributed by atoms with van der Waals surface area (Å²) in [6, 6.07) is 31.3. The van der Waals surface area contributed by atoms with Crippen molar-refractivity contribution in [1.82, 2.24) is 0 Å².